The first-order valence-corrected chi connectivity index (χ1v) is 8.95. The van der Waals surface area contributed by atoms with Crippen LogP contribution in [0.2, 0.25) is 0 Å². The fourth-order valence-electron chi connectivity index (χ4n) is 3.25. The van der Waals surface area contributed by atoms with Gasteiger partial charge in [-0.15, -0.1) is 0 Å². The number of hydrogen-bond acceptors (Lipinski definition) is 4. The summed E-state index contributed by atoms with van der Waals surface area (Å²) >= 11 is 0. The fraction of sp³-hybridized carbons (Fsp3) is 1.00. The Morgan fingerprint density at radius 3 is 1.48 bits per heavy atom. The summed E-state index contributed by atoms with van der Waals surface area (Å²) in [5.74, 6) is 0. The topological polar surface area (TPSA) is 24.9 Å². The molecule has 2 saturated heterocycles. The minimum Gasteiger partial charge on any atom is -0.413 e. The van der Waals surface area contributed by atoms with Crippen molar-refractivity contribution in [2.24, 2.45) is 0 Å². The van der Waals surface area contributed by atoms with Crippen LogP contribution in [-0.4, -0.2) is 70.0 Å². The van der Waals surface area contributed by atoms with Crippen LogP contribution in [0, 0.1) is 0 Å². The van der Waals surface area contributed by atoms with E-state index < -0.39 is 0 Å². The zero-order chi connectivity index (χ0) is 14.6. The van der Waals surface area contributed by atoms with E-state index in [1.165, 1.54) is 77.8 Å². The van der Waals surface area contributed by atoms with Crippen LogP contribution in [0.4, 0.5) is 0 Å². The summed E-state index contributed by atoms with van der Waals surface area (Å²) in [6.45, 7) is 9.00. The van der Waals surface area contributed by atoms with E-state index in [1.807, 2.05) is 0 Å². The summed E-state index contributed by atoms with van der Waals surface area (Å²) in [5, 5.41) is 0. The van der Waals surface area contributed by atoms with E-state index in [-0.39, 0.29) is 0 Å². The molecule has 1 radical (unpaired) electrons. The van der Waals surface area contributed by atoms with Crippen molar-refractivity contribution in [2.75, 3.05) is 52.5 Å². The molecule has 0 amide bonds. The van der Waals surface area contributed by atoms with Crippen LogP contribution in [0.1, 0.15) is 51.4 Å². The van der Waals surface area contributed by atoms with Gasteiger partial charge in [0.2, 0.25) is 0 Å². The van der Waals surface area contributed by atoms with Crippen molar-refractivity contribution in [3.05, 3.63) is 0 Å². The summed E-state index contributed by atoms with van der Waals surface area (Å²) in [6.07, 6.45) is 10.5. The predicted octanol–water partition coefficient (Wildman–Crippen LogP) is 2.31. The van der Waals surface area contributed by atoms with Crippen molar-refractivity contribution in [1.29, 1.82) is 0 Å². The SMILES string of the molecule is [B](OCCCN1CCCCC1)OCCCN1CCCCC1. The van der Waals surface area contributed by atoms with E-state index in [9.17, 15) is 0 Å². The molecular weight excluding hydrogens is 263 g/mol. The second-order valence-corrected chi connectivity index (χ2v) is 6.35. The quantitative estimate of drug-likeness (QED) is 0.456. The van der Waals surface area contributed by atoms with Crippen LogP contribution in [-0.2, 0) is 9.31 Å². The van der Waals surface area contributed by atoms with Crippen LogP contribution >= 0.6 is 0 Å². The van der Waals surface area contributed by atoms with Gasteiger partial charge in [-0.2, -0.15) is 0 Å². The summed E-state index contributed by atoms with van der Waals surface area (Å²) < 4.78 is 10.9. The van der Waals surface area contributed by atoms with Crippen molar-refractivity contribution >= 4 is 7.69 Å². The largest absolute Gasteiger partial charge is 0.487 e. The Bertz CT molecular complexity index is 220. The summed E-state index contributed by atoms with van der Waals surface area (Å²) in [4.78, 5) is 5.10. The van der Waals surface area contributed by atoms with E-state index in [1.54, 1.807) is 7.69 Å². The van der Waals surface area contributed by atoms with Crippen LogP contribution in [0.5, 0.6) is 0 Å². The maximum absolute atomic E-state index is 5.43. The van der Waals surface area contributed by atoms with Gasteiger partial charge < -0.3 is 19.1 Å². The average Bonchev–Trinajstić information content (AvgIpc) is 2.55. The standard InChI is InChI=1S/C16H32BN2O2/c1-3-9-18(10-4-1)13-7-15-20-17-21-16-8-14-19-11-5-2-6-12-19/h1-16H2. The maximum atomic E-state index is 5.43. The zero-order valence-electron chi connectivity index (χ0n) is 13.6. The van der Waals surface area contributed by atoms with Crippen molar-refractivity contribution in [3.8, 4) is 0 Å². The van der Waals surface area contributed by atoms with Gasteiger partial charge in [-0.25, -0.2) is 0 Å². The van der Waals surface area contributed by atoms with Gasteiger partial charge in [-0.3, -0.25) is 0 Å². The molecule has 2 rings (SSSR count). The average molecular weight is 295 g/mol. The first kappa shape index (κ1) is 17.3. The summed E-state index contributed by atoms with van der Waals surface area (Å²) in [6, 6.07) is 0. The second kappa shape index (κ2) is 11.5. The highest BCUT2D eigenvalue weighted by atomic mass is 16.6. The minimum absolute atomic E-state index is 0.780. The number of rotatable bonds is 10. The molecule has 21 heavy (non-hydrogen) atoms. The monoisotopic (exact) mass is 295 g/mol. The van der Waals surface area contributed by atoms with Gasteiger partial charge >= 0.3 is 7.69 Å². The van der Waals surface area contributed by atoms with E-state index in [4.69, 9.17) is 9.31 Å². The molecule has 4 nitrogen and oxygen atoms in total. The van der Waals surface area contributed by atoms with Gasteiger partial charge in [-0.05, 0) is 64.7 Å². The van der Waals surface area contributed by atoms with Crippen LogP contribution in [0.3, 0.4) is 0 Å². The Labute approximate surface area is 131 Å². The van der Waals surface area contributed by atoms with Gasteiger partial charge in [0.05, 0.1) is 0 Å². The maximum Gasteiger partial charge on any atom is 0.487 e. The molecular formula is C16H32BN2O2. The van der Waals surface area contributed by atoms with Crippen LogP contribution < -0.4 is 0 Å². The van der Waals surface area contributed by atoms with Crippen LogP contribution in [0.15, 0.2) is 0 Å². The second-order valence-electron chi connectivity index (χ2n) is 6.35. The summed E-state index contributed by atoms with van der Waals surface area (Å²) in [7, 11) is 1.55. The molecule has 0 aromatic carbocycles. The molecule has 0 N–H and O–H groups in total. The van der Waals surface area contributed by atoms with E-state index in [2.05, 4.69) is 9.80 Å². The molecule has 2 fully saturated rings. The third-order valence-corrected chi connectivity index (χ3v) is 4.51. The Kier molecular flexibility index (Phi) is 9.43. The van der Waals surface area contributed by atoms with Crippen molar-refractivity contribution < 1.29 is 9.31 Å². The number of piperidine rings is 2. The van der Waals surface area contributed by atoms with Crippen LogP contribution in [0.25, 0.3) is 0 Å². The molecule has 0 unspecified atom stereocenters. The lowest BCUT2D eigenvalue weighted by Crippen LogP contribution is -2.31. The number of nitrogens with zero attached hydrogens (tertiary/aromatic N) is 2. The predicted molar refractivity (Wildman–Crippen MR) is 87.5 cm³/mol. The Balaban J connectivity index is 1.30. The third-order valence-electron chi connectivity index (χ3n) is 4.51. The van der Waals surface area contributed by atoms with E-state index >= 15 is 0 Å². The van der Waals surface area contributed by atoms with Crippen molar-refractivity contribution in [1.82, 2.24) is 9.80 Å². The smallest absolute Gasteiger partial charge is 0.413 e. The molecule has 2 heterocycles. The van der Waals surface area contributed by atoms with Gasteiger partial charge in [0.15, 0.2) is 0 Å². The number of likely N-dealkylation sites (tertiary alicyclic amines) is 2. The van der Waals surface area contributed by atoms with Gasteiger partial charge in [0.1, 0.15) is 0 Å². The molecule has 0 aromatic rings. The highest BCUT2D eigenvalue weighted by Gasteiger charge is 2.10. The molecule has 0 saturated carbocycles. The lowest BCUT2D eigenvalue weighted by Gasteiger charge is -2.26. The highest BCUT2D eigenvalue weighted by molar-refractivity contribution is 6.17. The highest BCUT2D eigenvalue weighted by Crippen LogP contribution is 2.09. The van der Waals surface area contributed by atoms with E-state index in [0.717, 1.165) is 26.1 Å². The molecule has 5 heteroatoms. The molecule has 2 aliphatic heterocycles. The normalized spacial score (nSPS) is 21.5. The molecule has 0 atom stereocenters. The molecule has 0 aliphatic carbocycles. The molecule has 0 spiro atoms. The summed E-state index contributed by atoms with van der Waals surface area (Å²) in [5.41, 5.74) is 0. The molecule has 2 aliphatic rings. The number of hydrogen-bond donors (Lipinski definition) is 0. The molecule has 0 bridgehead atoms. The first-order chi connectivity index (χ1) is 10.4. The fourth-order valence-corrected chi connectivity index (χ4v) is 3.25. The Morgan fingerprint density at radius 2 is 1.05 bits per heavy atom. The van der Waals surface area contributed by atoms with Gasteiger partial charge in [0.25, 0.3) is 0 Å². The molecule has 121 valence electrons. The zero-order valence-corrected chi connectivity index (χ0v) is 13.6. The molecule has 0 aromatic heterocycles. The third kappa shape index (κ3) is 8.19. The van der Waals surface area contributed by atoms with Gasteiger partial charge in [0, 0.05) is 26.3 Å². The first-order valence-electron chi connectivity index (χ1n) is 8.95. The Hall–Kier alpha value is -0.0951. The lowest BCUT2D eigenvalue weighted by atomic mass is 10.1. The van der Waals surface area contributed by atoms with E-state index in [0.29, 0.717) is 0 Å². The van der Waals surface area contributed by atoms with Crippen molar-refractivity contribution in [3.63, 3.8) is 0 Å². The lowest BCUT2D eigenvalue weighted by molar-refractivity contribution is 0.173. The Morgan fingerprint density at radius 1 is 0.619 bits per heavy atom. The van der Waals surface area contributed by atoms with Gasteiger partial charge in [-0.1, -0.05) is 12.8 Å². The van der Waals surface area contributed by atoms with Crippen molar-refractivity contribution in [2.45, 2.75) is 51.4 Å². The minimum atomic E-state index is 0.780.